The largest absolute Gasteiger partial charge is 0.381 e. The van der Waals surface area contributed by atoms with Crippen molar-refractivity contribution < 1.29 is 24.3 Å². The fourth-order valence-corrected chi connectivity index (χ4v) is 4.40. The average molecular weight is 535 g/mol. The van der Waals surface area contributed by atoms with Crippen LogP contribution in [0.3, 0.4) is 0 Å². The normalized spacial score (nSPS) is 14.1. The van der Waals surface area contributed by atoms with Crippen LogP contribution in [0.1, 0.15) is 50.3 Å². The number of amides is 4. The number of unbranched alkanes of at least 4 members (excludes halogenated alkanes) is 1. The number of hydrogen-bond donors (Lipinski definition) is 6. The number of rotatable bonds is 14. The zero-order valence-electron chi connectivity index (χ0n) is 22.1. The van der Waals surface area contributed by atoms with Crippen LogP contribution in [0.25, 0.3) is 10.9 Å². The second-order valence-electron chi connectivity index (χ2n) is 9.51. The predicted molar refractivity (Wildman–Crippen MR) is 148 cm³/mol. The fourth-order valence-electron chi connectivity index (χ4n) is 4.40. The number of aliphatic hydroxyl groups excluding tert-OH is 1. The van der Waals surface area contributed by atoms with E-state index in [1.54, 1.807) is 6.20 Å². The Kier molecular flexibility index (Phi) is 10.6. The molecular formula is C29H36N5O5. The first-order valence-corrected chi connectivity index (χ1v) is 13.0. The van der Waals surface area contributed by atoms with Crippen LogP contribution >= 0.6 is 0 Å². The molecule has 0 saturated heterocycles. The van der Waals surface area contributed by atoms with E-state index in [9.17, 15) is 24.3 Å². The number of H-pyrrole nitrogens is 1. The molecule has 3 rings (SSSR count). The van der Waals surface area contributed by atoms with Crippen LogP contribution < -0.4 is 21.7 Å². The topological polar surface area (TPSA) is 166 Å². The number of aromatic nitrogens is 1. The minimum absolute atomic E-state index is 0.0992. The number of hydrogen-bond acceptors (Lipinski definition) is 5. The Labute approximate surface area is 227 Å². The van der Waals surface area contributed by atoms with Crippen LogP contribution in [0.5, 0.6) is 0 Å². The first-order valence-electron chi connectivity index (χ1n) is 13.0. The molecule has 1 heterocycles. The third kappa shape index (κ3) is 8.41. The lowest BCUT2D eigenvalue weighted by atomic mass is 10.00. The number of para-hydroxylation sites is 1. The third-order valence-corrected chi connectivity index (χ3v) is 6.51. The Balaban J connectivity index is 1.77. The van der Waals surface area contributed by atoms with Crippen LogP contribution in [0, 0.1) is 6.42 Å². The molecule has 0 aliphatic carbocycles. The highest BCUT2D eigenvalue weighted by atomic mass is 16.3. The lowest BCUT2D eigenvalue weighted by Gasteiger charge is -2.27. The summed E-state index contributed by atoms with van der Waals surface area (Å²) < 4.78 is 0. The van der Waals surface area contributed by atoms with Crippen LogP contribution in [-0.2, 0) is 25.6 Å². The van der Waals surface area contributed by atoms with E-state index in [2.05, 4.69) is 20.9 Å². The second-order valence-corrected chi connectivity index (χ2v) is 9.51. The first-order chi connectivity index (χ1) is 18.7. The molecule has 0 spiro atoms. The van der Waals surface area contributed by atoms with Crippen molar-refractivity contribution in [1.29, 1.82) is 0 Å². The number of benzene rings is 2. The van der Waals surface area contributed by atoms with Crippen molar-refractivity contribution >= 4 is 34.5 Å². The van der Waals surface area contributed by atoms with Gasteiger partial charge < -0.3 is 31.8 Å². The van der Waals surface area contributed by atoms with Gasteiger partial charge in [-0.05, 0) is 30.5 Å². The summed E-state index contributed by atoms with van der Waals surface area (Å²) in [5, 5.41) is 19.9. The molecule has 1 aromatic heterocycles. The molecule has 4 atom stereocenters. The number of primary amides is 1. The molecule has 0 aliphatic heterocycles. The summed E-state index contributed by atoms with van der Waals surface area (Å²) in [6.07, 6.45) is 2.77. The molecule has 0 unspecified atom stereocenters. The number of fused-ring (bicyclic) bond motifs is 1. The smallest absolute Gasteiger partial charge is 0.251 e. The zero-order chi connectivity index (χ0) is 28.4. The maximum Gasteiger partial charge on any atom is 0.251 e. The fraction of sp³-hybridized carbons (Fsp3) is 0.345. The van der Waals surface area contributed by atoms with Gasteiger partial charge in [0.2, 0.25) is 17.7 Å². The van der Waals surface area contributed by atoms with E-state index in [1.807, 2.05) is 68.4 Å². The van der Waals surface area contributed by atoms with E-state index in [0.717, 1.165) is 28.5 Å². The highest BCUT2D eigenvalue weighted by Crippen LogP contribution is 2.20. The standard InChI is InChI=1S/C29H36N5O5/c1-3-4-13-23(27(37)29(39)32-18(2)19-10-6-5-7-11-19)34-28(38)24(33-26(36)16-25(30)35)15-20-17-31-22-14-9-8-12-21(20)22/h5-12,14,16-18,23-24,27,31,37H,3-4,13,15H2,1-2H3,(H2,30,35)(H,32,39)(H,33,36)(H,34,38)/t18-,23-,24-,27-/m0/s1. The molecule has 1 radical (unpaired) electrons. The molecule has 10 heteroatoms. The van der Waals surface area contributed by atoms with Crippen LogP contribution in [0.15, 0.2) is 60.8 Å². The third-order valence-electron chi connectivity index (χ3n) is 6.51. The lowest BCUT2D eigenvalue weighted by Crippen LogP contribution is -2.56. The quantitative estimate of drug-likeness (QED) is 0.173. The zero-order valence-corrected chi connectivity index (χ0v) is 22.1. The van der Waals surface area contributed by atoms with Crippen molar-refractivity contribution in [3.05, 3.63) is 78.3 Å². The minimum Gasteiger partial charge on any atom is -0.381 e. The van der Waals surface area contributed by atoms with Crippen molar-refractivity contribution in [3.8, 4) is 0 Å². The first kappa shape index (κ1) is 29.4. The molecule has 0 saturated carbocycles. The second kappa shape index (κ2) is 14.1. The van der Waals surface area contributed by atoms with Gasteiger partial charge in [0.15, 0.2) is 6.10 Å². The Morgan fingerprint density at radius 1 is 0.974 bits per heavy atom. The van der Waals surface area contributed by atoms with Gasteiger partial charge in [-0.2, -0.15) is 0 Å². The minimum atomic E-state index is -1.52. The van der Waals surface area contributed by atoms with Crippen molar-refractivity contribution in [2.45, 2.75) is 63.8 Å². The van der Waals surface area contributed by atoms with E-state index < -0.39 is 41.8 Å². The summed E-state index contributed by atoms with van der Waals surface area (Å²) >= 11 is 0. The van der Waals surface area contributed by atoms with Crippen molar-refractivity contribution in [2.75, 3.05) is 0 Å². The van der Waals surface area contributed by atoms with Gasteiger partial charge in [0, 0.05) is 23.5 Å². The Hall–Kier alpha value is -4.18. The summed E-state index contributed by atoms with van der Waals surface area (Å²) in [7, 11) is 0. The van der Waals surface area contributed by atoms with E-state index >= 15 is 0 Å². The monoisotopic (exact) mass is 534 g/mol. The number of aliphatic hydroxyl groups is 1. The highest BCUT2D eigenvalue weighted by molar-refractivity contribution is 6.08. The van der Waals surface area contributed by atoms with Gasteiger partial charge in [0.25, 0.3) is 5.91 Å². The molecule has 207 valence electrons. The van der Waals surface area contributed by atoms with Gasteiger partial charge in [-0.15, -0.1) is 0 Å². The highest BCUT2D eigenvalue weighted by Gasteiger charge is 2.31. The van der Waals surface area contributed by atoms with E-state index in [4.69, 9.17) is 5.73 Å². The number of nitrogens with two attached hydrogens (primary N) is 1. The molecule has 0 aliphatic rings. The molecule has 10 nitrogen and oxygen atoms in total. The summed E-state index contributed by atoms with van der Waals surface area (Å²) in [4.78, 5) is 53.1. The van der Waals surface area contributed by atoms with E-state index in [-0.39, 0.29) is 12.5 Å². The van der Waals surface area contributed by atoms with Crippen molar-refractivity contribution in [3.63, 3.8) is 0 Å². The maximum absolute atomic E-state index is 13.5. The van der Waals surface area contributed by atoms with Crippen LogP contribution in [0.2, 0.25) is 0 Å². The molecule has 0 bridgehead atoms. The summed E-state index contributed by atoms with van der Waals surface area (Å²) in [5.41, 5.74) is 7.61. The average Bonchev–Trinajstić information content (AvgIpc) is 3.32. The van der Waals surface area contributed by atoms with E-state index in [0.29, 0.717) is 19.3 Å². The van der Waals surface area contributed by atoms with Gasteiger partial charge in [0.1, 0.15) is 12.5 Å². The number of nitrogens with one attached hydrogen (secondary N) is 4. The molecule has 3 aromatic rings. The molecule has 4 amide bonds. The van der Waals surface area contributed by atoms with Gasteiger partial charge in [-0.3, -0.25) is 19.2 Å². The Morgan fingerprint density at radius 2 is 1.67 bits per heavy atom. The van der Waals surface area contributed by atoms with Gasteiger partial charge >= 0.3 is 0 Å². The number of carbonyl (C=O) groups excluding carboxylic acids is 4. The van der Waals surface area contributed by atoms with Crippen molar-refractivity contribution in [1.82, 2.24) is 20.9 Å². The molecular weight excluding hydrogens is 498 g/mol. The number of carbonyl (C=O) groups is 4. The number of aromatic amines is 1. The Bertz CT molecular complexity index is 1280. The van der Waals surface area contributed by atoms with Crippen LogP contribution in [-0.4, -0.2) is 51.9 Å². The summed E-state index contributed by atoms with van der Waals surface area (Å²) in [6.45, 7) is 3.77. The van der Waals surface area contributed by atoms with Gasteiger partial charge in [-0.25, -0.2) is 0 Å². The van der Waals surface area contributed by atoms with E-state index in [1.165, 1.54) is 0 Å². The SMILES string of the molecule is CCCC[C@H](NC(=O)[C@H](Cc1c[nH]c2ccccc12)NC(=O)[CH]C(N)=O)[C@H](O)C(=O)N[C@@H](C)c1ccccc1. The molecule has 2 aromatic carbocycles. The lowest BCUT2D eigenvalue weighted by molar-refractivity contribution is -0.134. The molecule has 39 heavy (non-hydrogen) atoms. The molecule has 0 fully saturated rings. The van der Waals surface area contributed by atoms with Crippen LogP contribution in [0.4, 0.5) is 0 Å². The molecule has 7 N–H and O–H groups in total. The van der Waals surface area contributed by atoms with Gasteiger partial charge in [0.05, 0.1) is 12.1 Å². The Morgan fingerprint density at radius 3 is 2.36 bits per heavy atom. The van der Waals surface area contributed by atoms with Gasteiger partial charge in [-0.1, -0.05) is 68.3 Å². The maximum atomic E-state index is 13.5. The predicted octanol–water partition coefficient (Wildman–Crippen LogP) is 1.80. The summed E-state index contributed by atoms with van der Waals surface area (Å²) in [5.74, 6) is -2.98. The van der Waals surface area contributed by atoms with Crippen molar-refractivity contribution in [2.24, 2.45) is 5.73 Å². The summed E-state index contributed by atoms with van der Waals surface area (Å²) in [6, 6.07) is 14.5.